The smallest absolute Gasteiger partial charge is 0.354 e. The van der Waals surface area contributed by atoms with Gasteiger partial charge in [-0.15, -0.1) is 0 Å². The van der Waals surface area contributed by atoms with Crippen molar-refractivity contribution in [2.45, 2.75) is 25.0 Å². The minimum absolute atomic E-state index is 0.0776. The number of aromatic carboxylic acids is 1. The van der Waals surface area contributed by atoms with E-state index in [1.54, 1.807) is 0 Å². The Morgan fingerprint density at radius 2 is 1.88 bits per heavy atom. The third kappa shape index (κ3) is 3.60. The molecular weight excluding hydrogens is 308 g/mol. The zero-order chi connectivity index (χ0) is 16.9. The summed E-state index contributed by atoms with van der Waals surface area (Å²) >= 11 is 0. The van der Waals surface area contributed by atoms with Crippen LogP contribution in [0.1, 0.15) is 45.4 Å². The number of benzene rings is 1. The summed E-state index contributed by atoms with van der Waals surface area (Å²) in [6, 6.07) is 13.7. The third-order valence-corrected chi connectivity index (χ3v) is 3.98. The van der Waals surface area contributed by atoms with Gasteiger partial charge in [0.2, 0.25) is 0 Å². The summed E-state index contributed by atoms with van der Waals surface area (Å²) in [6.07, 6.45) is 1.72. The van der Waals surface area contributed by atoms with E-state index >= 15 is 0 Å². The predicted octanol–water partition coefficient (Wildman–Crippen LogP) is 2.43. The molecule has 124 valence electrons. The lowest BCUT2D eigenvalue weighted by molar-refractivity contribution is 0.0667. The van der Waals surface area contributed by atoms with Gasteiger partial charge < -0.3 is 15.2 Å². The summed E-state index contributed by atoms with van der Waals surface area (Å²) in [4.78, 5) is 27.4. The van der Waals surface area contributed by atoms with Gasteiger partial charge in [0.15, 0.2) is 0 Å². The van der Waals surface area contributed by atoms with Gasteiger partial charge in [0, 0.05) is 6.61 Å². The maximum atomic E-state index is 12.5. The van der Waals surface area contributed by atoms with E-state index in [0.29, 0.717) is 6.61 Å². The van der Waals surface area contributed by atoms with Crippen LogP contribution in [-0.4, -0.2) is 34.7 Å². The standard InChI is InChI=1S/C18H18N2O4/c21-17(13-8-4-9-14(19-13)18(22)23)20-16(15-10-5-11-24-15)12-6-2-1-3-7-12/h1-4,6-9,15-16H,5,10-11H2,(H,20,21)(H,22,23)/t15-,16-/m1/s1. The number of carbonyl (C=O) groups excluding carboxylic acids is 1. The quantitative estimate of drug-likeness (QED) is 0.881. The fraction of sp³-hybridized carbons (Fsp3) is 0.278. The van der Waals surface area contributed by atoms with Crippen molar-refractivity contribution in [3.63, 3.8) is 0 Å². The van der Waals surface area contributed by atoms with Crippen molar-refractivity contribution in [3.05, 3.63) is 65.5 Å². The van der Waals surface area contributed by atoms with Crippen molar-refractivity contribution in [2.24, 2.45) is 0 Å². The Morgan fingerprint density at radius 1 is 1.12 bits per heavy atom. The molecule has 0 aliphatic carbocycles. The first-order valence-corrected chi connectivity index (χ1v) is 7.83. The van der Waals surface area contributed by atoms with Crippen LogP contribution in [0.5, 0.6) is 0 Å². The highest BCUT2D eigenvalue weighted by Crippen LogP contribution is 2.27. The lowest BCUT2D eigenvalue weighted by Gasteiger charge is -2.24. The van der Waals surface area contributed by atoms with Gasteiger partial charge in [-0.2, -0.15) is 0 Å². The molecule has 0 unspecified atom stereocenters. The second kappa shape index (κ2) is 7.23. The van der Waals surface area contributed by atoms with Gasteiger partial charge in [-0.3, -0.25) is 4.79 Å². The summed E-state index contributed by atoms with van der Waals surface area (Å²) in [6.45, 7) is 0.677. The number of nitrogens with zero attached hydrogens (tertiary/aromatic N) is 1. The topological polar surface area (TPSA) is 88.5 Å². The Labute approximate surface area is 139 Å². The van der Waals surface area contributed by atoms with Crippen molar-refractivity contribution in [2.75, 3.05) is 6.61 Å². The lowest BCUT2D eigenvalue weighted by Crippen LogP contribution is -2.36. The predicted molar refractivity (Wildman–Crippen MR) is 86.8 cm³/mol. The van der Waals surface area contributed by atoms with Crippen LogP contribution in [0.2, 0.25) is 0 Å². The van der Waals surface area contributed by atoms with E-state index in [9.17, 15) is 9.59 Å². The van der Waals surface area contributed by atoms with Crippen LogP contribution >= 0.6 is 0 Å². The van der Waals surface area contributed by atoms with Crippen LogP contribution in [0, 0.1) is 0 Å². The number of hydrogen-bond donors (Lipinski definition) is 2. The van der Waals surface area contributed by atoms with Crippen LogP contribution in [-0.2, 0) is 4.74 Å². The Kier molecular flexibility index (Phi) is 4.86. The fourth-order valence-corrected chi connectivity index (χ4v) is 2.81. The number of aromatic nitrogens is 1. The third-order valence-electron chi connectivity index (χ3n) is 3.98. The van der Waals surface area contributed by atoms with Crippen molar-refractivity contribution in [1.29, 1.82) is 0 Å². The average Bonchev–Trinajstić information content (AvgIpc) is 3.14. The van der Waals surface area contributed by atoms with Crippen LogP contribution < -0.4 is 5.32 Å². The number of carbonyl (C=O) groups is 2. The molecule has 2 aromatic rings. The molecule has 0 spiro atoms. The minimum atomic E-state index is -1.16. The number of rotatable bonds is 5. The maximum absolute atomic E-state index is 12.5. The molecule has 1 amide bonds. The van der Waals surface area contributed by atoms with Crippen LogP contribution in [0.4, 0.5) is 0 Å². The number of carboxylic acids is 1. The molecule has 2 N–H and O–H groups in total. The van der Waals surface area contributed by atoms with Crippen LogP contribution in [0.15, 0.2) is 48.5 Å². The number of nitrogens with one attached hydrogen (secondary N) is 1. The molecular formula is C18H18N2O4. The molecule has 0 saturated carbocycles. The highest BCUT2D eigenvalue weighted by molar-refractivity contribution is 5.94. The summed E-state index contributed by atoms with van der Waals surface area (Å²) < 4.78 is 5.74. The molecule has 1 aliphatic heterocycles. The van der Waals surface area contributed by atoms with E-state index in [-0.39, 0.29) is 23.5 Å². The molecule has 1 aliphatic rings. The average molecular weight is 326 g/mol. The molecule has 6 heteroatoms. The Morgan fingerprint density at radius 3 is 2.54 bits per heavy atom. The number of ether oxygens (including phenoxy) is 1. The number of carboxylic acid groups (broad SMARTS) is 1. The summed E-state index contributed by atoms with van der Waals surface area (Å²) in [5.41, 5.74) is 0.872. The normalized spacial score (nSPS) is 18.1. The van der Waals surface area contributed by atoms with Gasteiger partial charge in [-0.25, -0.2) is 9.78 Å². The summed E-state index contributed by atoms with van der Waals surface area (Å²) in [5, 5.41) is 11.9. The van der Waals surface area contributed by atoms with Gasteiger partial charge in [0.25, 0.3) is 5.91 Å². The minimum Gasteiger partial charge on any atom is -0.477 e. The van der Waals surface area contributed by atoms with Crippen LogP contribution in [0.25, 0.3) is 0 Å². The maximum Gasteiger partial charge on any atom is 0.354 e. The molecule has 24 heavy (non-hydrogen) atoms. The van der Waals surface area contributed by atoms with Gasteiger partial charge in [0.05, 0.1) is 12.1 Å². The number of hydrogen-bond acceptors (Lipinski definition) is 4. The monoisotopic (exact) mass is 326 g/mol. The van der Waals surface area contributed by atoms with E-state index in [4.69, 9.17) is 9.84 Å². The highest BCUT2D eigenvalue weighted by atomic mass is 16.5. The zero-order valence-electron chi connectivity index (χ0n) is 13.0. The summed E-state index contributed by atoms with van der Waals surface area (Å²) in [7, 11) is 0. The van der Waals surface area contributed by atoms with E-state index in [2.05, 4.69) is 10.3 Å². The van der Waals surface area contributed by atoms with Crippen molar-refractivity contribution in [3.8, 4) is 0 Å². The van der Waals surface area contributed by atoms with Gasteiger partial charge in [0.1, 0.15) is 11.4 Å². The molecule has 6 nitrogen and oxygen atoms in total. The molecule has 1 saturated heterocycles. The number of pyridine rings is 1. The Bertz CT molecular complexity index is 727. The molecule has 2 atom stereocenters. The van der Waals surface area contributed by atoms with E-state index in [0.717, 1.165) is 18.4 Å². The van der Waals surface area contributed by atoms with Gasteiger partial charge in [-0.05, 0) is 30.5 Å². The second-order valence-electron chi connectivity index (χ2n) is 5.63. The Balaban J connectivity index is 1.83. The first-order chi connectivity index (χ1) is 11.6. The SMILES string of the molecule is O=C(O)c1cccc(C(=O)N[C@H](c2ccccc2)[C@H]2CCCO2)n1. The van der Waals surface area contributed by atoms with Gasteiger partial charge >= 0.3 is 5.97 Å². The molecule has 3 rings (SSSR count). The molecule has 1 aromatic carbocycles. The Hall–Kier alpha value is -2.73. The van der Waals surface area contributed by atoms with Crippen LogP contribution in [0.3, 0.4) is 0 Å². The van der Waals surface area contributed by atoms with Crippen molar-refractivity contribution < 1.29 is 19.4 Å². The van der Waals surface area contributed by atoms with E-state index in [1.807, 2.05) is 30.3 Å². The van der Waals surface area contributed by atoms with Gasteiger partial charge in [-0.1, -0.05) is 36.4 Å². The van der Waals surface area contributed by atoms with E-state index in [1.165, 1.54) is 18.2 Å². The summed E-state index contributed by atoms with van der Waals surface area (Å²) in [5.74, 6) is -1.58. The molecule has 0 bridgehead atoms. The van der Waals surface area contributed by atoms with Crippen molar-refractivity contribution in [1.82, 2.24) is 10.3 Å². The molecule has 0 radical (unpaired) electrons. The van der Waals surface area contributed by atoms with E-state index < -0.39 is 11.9 Å². The van der Waals surface area contributed by atoms with Crippen molar-refractivity contribution >= 4 is 11.9 Å². The fourth-order valence-electron chi connectivity index (χ4n) is 2.81. The number of amides is 1. The molecule has 1 fully saturated rings. The largest absolute Gasteiger partial charge is 0.477 e. The molecule has 2 heterocycles. The zero-order valence-corrected chi connectivity index (χ0v) is 13.0. The second-order valence-corrected chi connectivity index (χ2v) is 5.63. The molecule has 1 aromatic heterocycles. The highest BCUT2D eigenvalue weighted by Gasteiger charge is 2.29. The first kappa shape index (κ1) is 16.1. The lowest BCUT2D eigenvalue weighted by atomic mass is 9.99. The first-order valence-electron chi connectivity index (χ1n) is 7.83.